The molecule has 0 amide bonds. The van der Waals surface area contributed by atoms with E-state index in [9.17, 15) is 8.42 Å². The van der Waals surface area contributed by atoms with E-state index < -0.39 is 9.84 Å². The topological polar surface area (TPSA) is 78.0 Å². The van der Waals surface area contributed by atoms with Crippen molar-refractivity contribution in [3.63, 3.8) is 0 Å². The first-order valence-corrected chi connectivity index (χ1v) is 11.5. The van der Waals surface area contributed by atoms with Crippen molar-refractivity contribution in [1.29, 1.82) is 0 Å². The number of hydrogen-bond donors (Lipinski definition) is 1. The third-order valence-corrected chi connectivity index (χ3v) is 5.64. The number of nitrogens with zero attached hydrogens (tertiary/aromatic N) is 2. The van der Waals surface area contributed by atoms with Gasteiger partial charge >= 0.3 is 0 Å². The van der Waals surface area contributed by atoms with Crippen LogP contribution in [0, 0.1) is 0 Å². The summed E-state index contributed by atoms with van der Waals surface area (Å²) in [6.07, 6.45) is 1.82. The molecular weight excluding hydrogens is 417 g/mol. The number of rotatable bonds is 6. The van der Waals surface area contributed by atoms with E-state index in [1.807, 2.05) is 43.3 Å². The number of halogens is 2. The normalized spacial score (nSPS) is 12.9. The first-order chi connectivity index (χ1) is 13.1. The molecule has 3 aromatic rings. The molecule has 148 valence electrons. The second kappa shape index (κ2) is 8.25. The summed E-state index contributed by atoms with van der Waals surface area (Å²) in [6.45, 7) is 1.87. The van der Waals surface area contributed by atoms with Crippen LogP contribution in [0.25, 0.3) is 5.69 Å². The van der Waals surface area contributed by atoms with E-state index in [0.29, 0.717) is 16.5 Å². The Bertz CT molecular complexity index is 1090. The van der Waals surface area contributed by atoms with Gasteiger partial charge in [-0.15, -0.1) is 0 Å². The van der Waals surface area contributed by atoms with Crippen molar-refractivity contribution >= 4 is 33.0 Å². The van der Waals surface area contributed by atoms with Gasteiger partial charge in [0.1, 0.15) is 0 Å². The fourth-order valence-corrected chi connectivity index (χ4v) is 4.20. The third-order valence-electron chi connectivity index (χ3n) is 4.24. The van der Waals surface area contributed by atoms with Crippen LogP contribution in [-0.2, 0) is 22.0 Å². The Hall–Kier alpha value is -1.86. The number of nitrogens with two attached hydrogens (primary N) is 1. The summed E-state index contributed by atoms with van der Waals surface area (Å²) in [6, 6.07) is 14.5. The molecule has 28 heavy (non-hydrogen) atoms. The van der Waals surface area contributed by atoms with Gasteiger partial charge in [-0.1, -0.05) is 47.5 Å². The maximum absolute atomic E-state index is 11.5. The lowest BCUT2D eigenvalue weighted by Gasteiger charge is -2.10. The Kier molecular flexibility index (Phi) is 6.15. The highest BCUT2D eigenvalue weighted by molar-refractivity contribution is 7.89. The SMILES string of the molecule is CC(N)c1cc(Cc2ccc(CS(C)(=O)=O)cc2)n(-c2ccc(Cl)cc2Cl)n1. The predicted octanol–water partition coefficient (Wildman–Crippen LogP) is 4.33. The Balaban J connectivity index is 1.95. The molecule has 0 spiro atoms. The average Bonchev–Trinajstić information content (AvgIpc) is 2.99. The van der Waals surface area contributed by atoms with Crippen molar-refractivity contribution in [2.24, 2.45) is 5.73 Å². The number of aromatic nitrogens is 2. The van der Waals surface area contributed by atoms with E-state index >= 15 is 0 Å². The van der Waals surface area contributed by atoms with Crippen LogP contribution in [0.3, 0.4) is 0 Å². The van der Waals surface area contributed by atoms with Crippen molar-refractivity contribution in [3.05, 3.63) is 81.1 Å². The largest absolute Gasteiger partial charge is 0.323 e. The Morgan fingerprint density at radius 2 is 1.71 bits per heavy atom. The van der Waals surface area contributed by atoms with Gasteiger partial charge in [-0.2, -0.15) is 5.10 Å². The van der Waals surface area contributed by atoms with Crippen molar-refractivity contribution in [1.82, 2.24) is 9.78 Å². The fraction of sp³-hybridized carbons (Fsp3) is 0.250. The van der Waals surface area contributed by atoms with Gasteiger partial charge in [0.25, 0.3) is 0 Å². The monoisotopic (exact) mass is 437 g/mol. The second-order valence-electron chi connectivity index (χ2n) is 6.92. The maximum atomic E-state index is 11.5. The molecule has 3 rings (SSSR count). The number of hydrogen-bond acceptors (Lipinski definition) is 4. The third kappa shape index (κ3) is 5.14. The summed E-state index contributed by atoms with van der Waals surface area (Å²) in [4.78, 5) is 0. The van der Waals surface area contributed by atoms with Gasteiger partial charge in [0, 0.05) is 29.4 Å². The second-order valence-corrected chi connectivity index (χ2v) is 9.90. The molecule has 1 atom stereocenters. The zero-order chi connectivity index (χ0) is 20.5. The summed E-state index contributed by atoms with van der Waals surface area (Å²) < 4.78 is 24.7. The van der Waals surface area contributed by atoms with Crippen LogP contribution in [-0.4, -0.2) is 24.5 Å². The molecule has 8 heteroatoms. The molecule has 0 radical (unpaired) electrons. The lowest BCUT2D eigenvalue weighted by molar-refractivity contribution is 0.601. The molecule has 0 aliphatic carbocycles. The van der Waals surface area contributed by atoms with Crippen molar-refractivity contribution in [3.8, 4) is 5.69 Å². The summed E-state index contributed by atoms with van der Waals surface area (Å²) in [5, 5.41) is 5.67. The molecule has 0 saturated carbocycles. The molecule has 0 fully saturated rings. The van der Waals surface area contributed by atoms with Crippen LogP contribution in [0.4, 0.5) is 0 Å². The molecular formula is C20H21Cl2N3O2S. The Morgan fingerprint density at radius 3 is 2.29 bits per heavy atom. The van der Waals surface area contributed by atoms with Crippen LogP contribution in [0.2, 0.25) is 10.0 Å². The van der Waals surface area contributed by atoms with Gasteiger partial charge in [-0.3, -0.25) is 0 Å². The summed E-state index contributed by atoms with van der Waals surface area (Å²) in [5.41, 5.74) is 10.2. The zero-order valence-electron chi connectivity index (χ0n) is 15.6. The Labute approximate surface area is 175 Å². The molecule has 1 heterocycles. The van der Waals surface area contributed by atoms with Crippen LogP contribution in [0.5, 0.6) is 0 Å². The van der Waals surface area contributed by atoms with Gasteiger partial charge in [0.15, 0.2) is 9.84 Å². The van der Waals surface area contributed by atoms with Gasteiger partial charge < -0.3 is 5.73 Å². The molecule has 1 aromatic heterocycles. The molecule has 0 bridgehead atoms. The summed E-state index contributed by atoms with van der Waals surface area (Å²) in [7, 11) is -3.06. The van der Waals surface area contributed by atoms with Crippen LogP contribution < -0.4 is 5.73 Å². The fourth-order valence-electron chi connectivity index (χ4n) is 2.92. The van der Waals surface area contributed by atoms with Crippen molar-refractivity contribution in [2.75, 3.05) is 6.26 Å². The molecule has 5 nitrogen and oxygen atoms in total. The molecule has 2 N–H and O–H groups in total. The quantitative estimate of drug-likeness (QED) is 0.621. The first kappa shape index (κ1) is 20.9. The highest BCUT2D eigenvalue weighted by atomic mass is 35.5. The number of benzene rings is 2. The van der Waals surface area contributed by atoms with E-state index in [1.54, 1.807) is 16.8 Å². The van der Waals surface area contributed by atoms with Gasteiger partial charge in [0.05, 0.1) is 22.2 Å². The summed E-state index contributed by atoms with van der Waals surface area (Å²) >= 11 is 12.4. The maximum Gasteiger partial charge on any atom is 0.151 e. The van der Waals surface area contributed by atoms with Gasteiger partial charge in [-0.05, 0) is 42.3 Å². The smallest absolute Gasteiger partial charge is 0.151 e. The van der Waals surface area contributed by atoms with E-state index in [-0.39, 0.29) is 11.8 Å². The summed E-state index contributed by atoms with van der Waals surface area (Å²) in [5.74, 6) is 0.0282. The highest BCUT2D eigenvalue weighted by Crippen LogP contribution is 2.27. The average molecular weight is 438 g/mol. The molecule has 2 aromatic carbocycles. The molecule has 0 aliphatic rings. The minimum atomic E-state index is -3.06. The van der Waals surface area contributed by atoms with E-state index in [2.05, 4.69) is 5.10 Å². The van der Waals surface area contributed by atoms with Crippen molar-refractivity contribution in [2.45, 2.75) is 25.1 Å². The van der Waals surface area contributed by atoms with E-state index in [1.165, 1.54) is 6.26 Å². The lowest BCUT2D eigenvalue weighted by atomic mass is 10.1. The number of sulfone groups is 1. The minimum Gasteiger partial charge on any atom is -0.323 e. The molecule has 0 aliphatic heterocycles. The van der Waals surface area contributed by atoms with Crippen molar-refractivity contribution < 1.29 is 8.42 Å². The van der Waals surface area contributed by atoms with Gasteiger partial charge in [0.2, 0.25) is 0 Å². The molecule has 1 unspecified atom stereocenters. The Morgan fingerprint density at radius 1 is 1.07 bits per heavy atom. The zero-order valence-corrected chi connectivity index (χ0v) is 17.9. The first-order valence-electron chi connectivity index (χ1n) is 8.68. The predicted molar refractivity (Wildman–Crippen MR) is 114 cm³/mol. The van der Waals surface area contributed by atoms with Gasteiger partial charge in [-0.25, -0.2) is 13.1 Å². The molecule has 0 saturated heterocycles. The van der Waals surface area contributed by atoms with E-state index in [4.69, 9.17) is 28.9 Å². The standard InChI is InChI=1S/C20H21Cl2N3O2S/c1-13(23)19-11-17(25(24-19)20-8-7-16(21)10-18(20)22)9-14-3-5-15(6-4-14)12-28(2,26)27/h3-8,10-11,13H,9,12,23H2,1-2H3. The van der Waals surface area contributed by atoms with Crippen LogP contribution >= 0.6 is 23.2 Å². The van der Waals surface area contributed by atoms with E-state index in [0.717, 1.165) is 28.2 Å². The van der Waals surface area contributed by atoms with Crippen LogP contribution in [0.1, 0.15) is 35.5 Å². The lowest BCUT2D eigenvalue weighted by Crippen LogP contribution is -2.07. The van der Waals surface area contributed by atoms with Crippen LogP contribution in [0.15, 0.2) is 48.5 Å². The minimum absolute atomic E-state index is 0.0282. The highest BCUT2D eigenvalue weighted by Gasteiger charge is 2.15.